The lowest BCUT2D eigenvalue weighted by molar-refractivity contribution is 0.112. The van der Waals surface area contributed by atoms with Crippen LogP contribution in [0.1, 0.15) is 22.3 Å². The molecule has 1 N–H and O–H groups in total. The van der Waals surface area contributed by atoms with E-state index in [-0.39, 0.29) is 0 Å². The van der Waals surface area contributed by atoms with E-state index in [2.05, 4.69) is 17.3 Å². The van der Waals surface area contributed by atoms with E-state index in [1.54, 1.807) is 13.2 Å². The Morgan fingerprint density at radius 1 is 1.44 bits per heavy atom. The summed E-state index contributed by atoms with van der Waals surface area (Å²) in [6, 6.07) is 5.51. The van der Waals surface area contributed by atoms with Gasteiger partial charge < -0.3 is 15.0 Å². The van der Waals surface area contributed by atoms with Gasteiger partial charge in [0, 0.05) is 17.7 Å². The van der Waals surface area contributed by atoms with Crippen molar-refractivity contribution in [1.29, 1.82) is 0 Å². The van der Waals surface area contributed by atoms with E-state index in [4.69, 9.17) is 4.74 Å². The minimum atomic E-state index is 0.689. The molecule has 0 aliphatic rings. The van der Waals surface area contributed by atoms with E-state index >= 15 is 0 Å². The van der Waals surface area contributed by atoms with E-state index in [0.717, 1.165) is 43.7 Å². The highest BCUT2D eigenvalue weighted by Crippen LogP contribution is 2.20. The van der Waals surface area contributed by atoms with Gasteiger partial charge in [0.2, 0.25) is 0 Å². The summed E-state index contributed by atoms with van der Waals surface area (Å²) in [6.45, 7) is 2.81. The summed E-state index contributed by atoms with van der Waals surface area (Å²) >= 11 is 0. The van der Waals surface area contributed by atoms with Crippen molar-refractivity contribution in [3.05, 3.63) is 29.3 Å². The first-order valence-corrected chi connectivity index (χ1v) is 6.16. The van der Waals surface area contributed by atoms with Crippen molar-refractivity contribution in [1.82, 2.24) is 10.2 Å². The van der Waals surface area contributed by atoms with Crippen LogP contribution in [0.5, 0.6) is 5.75 Å². The van der Waals surface area contributed by atoms with E-state index in [9.17, 15) is 4.79 Å². The van der Waals surface area contributed by atoms with Gasteiger partial charge in [0.1, 0.15) is 12.0 Å². The molecule has 0 saturated heterocycles. The topological polar surface area (TPSA) is 41.6 Å². The second kappa shape index (κ2) is 7.84. The Kier molecular flexibility index (Phi) is 6.39. The van der Waals surface area contributed by atoms with Crippen LogP contribution in [-0.4, -0.2) is 45.5 Å². The molecule has 0 saturated carbocycles. The van der Waals surface area contributed by atoms with Gasteiger partial charge in [-0.05, 0) is 51.8 Å². The Bertz CT molecular complexity index is 380. The van der Waals surface area contributed by atoms with Gasteiger partial charge in [-0.3, -0.25) is 4.79 Å². The summed E-state index contributed by atoms with van der Waals surface area (Å²) in [5.41, 5.74) is 1.74. The molecule has 0 aliphatic heterocycles. The van der Waals surface area contributed by atoms with Crippen molar-refractivity contribution in [2.45, 2.75) is 13.0 Å². The number of carbonyl (C=O) groups excluding carboxylic acids is 1. The maximum absolute atomic E-state index is 10.8. The molecule has 100 valence electrons. The Morgan fingerprint density at radius 2 is 2.22 bits per heavy atom. The van der Waals surface area contributed by atoms with Crippen molar-refractivity contribution in [3.63, 3.8) is 0 Å². The quantitative estimate of drug-likeness (QED) is 0.561. The molecule has 0 unspecified atom stereocenters. The normalized spacial score (nSPS) is 10.7. The SMILES string of the molecule is CNCCCN(C)Cc1cc(C=O)ccc1OC. The maximum Gasteiger partial charge on any atom is 0.150 e. The van der Waals surface area contributed by atoms with Crippen molar-refractivity contribution < 1.29 is 9.53 Å². The third-order valence-electron chi connectivity index (χ3n) is 2.85. The number of ether oxygens (including phenoxy) is 1. The fourth-order valence-electron chi connectivity index (χ4n) is 1.89. The molecule has 1 aromatic carbocycles. The van der Waals surface area contributed by atoms with Crippen LogP contribution >= 0.6 is 0 Å². The average Bonchev–Trinajstić information content (AvgIpc) is 2.39. The summed E-state index contributed by atoms with van der Waals surface area (Å²) in [5.74, 6) is 0.834. The fraction of sp³-hybridized carbons (Fsp3) is 0.500. The van der Waals surface area contributed by atoms with E-state index in [0.29, 0.717) is 5.56 Å². The largest absolute Gasteiger partial charge is 0.496 e. The van der Waals surface area contributed by atoms with E-state index in [1.165, 1.54) is 0 Å². The lowest BCUT2D eigenvalue weighted by Gasteiger charge is -2.18. The Hall–Kier alpha value is -1.39. The third-order valence-corrected chi connectivity index (χ3v) is 2.85. The zero-order valence-corrected chi connectivity index (χ0v) is 11.4. The number of rotatable bonds is 8. The summed E-state index contributed by atoms with van der Waals surface area (Å²) in [4.78, 5) is 13.0. The number of nitrogens with one attached hydrogen (secondary N) is 1. The van der Waals surface area contributed by atoms with Crippen LogP contribution in [0.4, 0.5) is 0 Å². The first kappa shape index (κ1) is 14.7. The number of carbonyl (C=O) groups is 1. The number of hydrogen-bond donors (Lipinski definition) is 1. The van der Waals surface area contributed by atoms with Crippen molar-refractivity contribution >= 4 is 6.29 Å². The van der Waals surface area contributed by atoms with Crippen LogP contribution in [0.2, 0.25) is 0 Å². The van der Waals surface area contributed by atoms with Gasteiger partial charge in [-0.1, -0.05) is 0 Å². The summed E-state index contributed by atoms with van der Waals surface area (Å²) < 4.78 is 5.32. The van der Waals surface area contributed by atoms with Crippen LogP contribution < -0.4 is 10.1 Å². The zero-order chi connectivity index (χ0) is 13.4. The molecule has 18 heavy (non-hydrogen) atoms. The Labute approximate surface area is 109 Å². The molecule has 1 aromatic rings. The minimum absolute atomic E-state index is 0.689. The van der Waals surface area contributed by atoms with Crippen molar-refractivity contribution in [2.75, 3.05) is 34.3 Å². The number of hydrogen-bond acceptors (Lipinski definition) is 4. The fourth-order valence-corrected chi connectivity index (χ4v) is 1.89. The van der Waals surface area contributed by atoms with E-state index < -0.39 is 0 Å². The third kappa shape index (κ3) is 4.47. The van der Waals surface area contributed by atoms with Gasteiger partial charge in [-0.25, -0.2) is 0 Å². The summed E-state index contributed by atoms with van der Waals surface area (Å²) in [7, 11) is 5.68. The molecule has 0 spiro atoms. The molecule has 0 aromatic heterocycles. The van der Waals surface area contributed by atoms with Crippen LogP contribution in [0.3, 0.4) is 0 Å². The van der Waals surface area contributed by atoms with Gasteiger partial charge in [0.15, 0.2) is 0 Å². The standard InChI is InChI=1S/C14H22N2O2/c1-15-7-4-8-16(2)10-13-9-12(11-17)5-6-14(13)18-3/h5-6,9,11,15H,4,7-8,10H2,1-3H3. The summed E-state index contributed by atoms with van der Waals surface area (Å²) in [5, 5.41) is 3.13. The first-order chi connectivity index (χ1) is 8.71. The van der Waals surface area contributed by atoms with Gasteiger partial charge in [-0.2, -0.15) is 0 Å². The number of benzene rings is 1. The average molecular weight is 250 g/mol. The molecule has 0 atom stereocenters. The zero-order valence-electron chi connectivity index (χ0n) is 11.4. The smallest absolute Gasteiger partial charge is 0.150 e. The van der Waals surface area contributed by atoms with Crippen LogP contribution in [0.15, 0.2) is 18.2 Å². The second-order valence-electron chi connectivity index (χ2n) is 4.38. The molecule has 4 nitrogen and oxygen atoms in total. The van der Waals surface area contributed by atoms with Crippen molar-refractivity contribution in [3.8, 4) is 5.75 Å². The number of aldehydes is 1. The second-order valence-corrected chi connectivity index (χ2v) is 4.38. The van der Waals surface area contributed by atoms with Crippen molar-refractivity contribution in [2.24, 2.45) is 0 Å². The van der Waals surface area contributed by atoms with Gasteiger partial charge in [0.25, 0.3) is 0 Å². The molecule has 4 heteroatoms. The molecule has 0 aliphatic carbocycles. The molecule has 1 rings (SSSR count). The van der Waals surface area contributed by atoms with Gasteiger partial charge >= 0.3 is 0 Å². The van der Waals surface area contributed by atoms with Crippen LogP contribution in [-0.2, 0) is 6.54 Å². The number of methoxy groups -OCH3 is 1. The molecule has 0 heterocycles. The Balaban J connectivity index is 2.66. The molecule has 0 bridgehead atoms. The maximum atomic E-state index is 10.8. The lowest BCUT2D eigenvalue weighted by atomic mass is 10.1. The first-order valence-electron chi connectivity index (χ1n) is 6.16. The molecule has 0 radical (unpaired) electrons. The van der Waals surface area contributed by atoms with E-state index in [1.807, 2.05) is 19.2 Å². The monoisotopic (exact) mass is 250 g/mol. The predicted octanol–water partition coefficient (Wildman–Crippen LogP) is 1.55. The highest BCUT2D eigenvalue weighted by Gasteiger charge is 2.07. The minimum Gasteiger partial charge on any atom is -0.496 e. The number of nitrogens with zero attached hydrogens (tertiary/aromatic N) is 1. The molecular weight excluding hydrogens is 228 g/mol. The predicted molar refractivity (Wildman–Crippen MR) is 73.3 cm³/mol. The van der Waals surface area contributed by atoms with Crippen LogP contribution in [0, 0.1) is 0 Å². The molecule has 0 amide bonds. The molecular formula is C14H22N2O2. The van der Waals surface area contributed by atoms with Gasteiger partial charge in [0.05, 0.1) is 7.11 Å². The highest BCUT2D eigenvalue weighted by molar-refractivity contribution is 5.75. The summed E-state index contributed by atoms with van der Waals surface area (Å²) in [6.07, 6.45) is 1.96. The Morgan fingerprint density at radius 3 is 2.83 bits per heavy atom. The molecule has 0 fully saturated rings. The highest BCUT2D eigenvalue weighted by atomic mass is 16.5. The van der Waals surface area contributed by atoms with Gasteiger partial charge in [-0.15, -0.1) is 0 Å². The lowest BCUT2D eigenvalue weighted by Crippen LogP contribution is -2.22. The van der Waals surface area contributed by atoms with Crippen LogP contribution in [0.25, 0.3) is 0 Å².